The molecule has 6 aromatic rings. The van der Waals surface area contributed by atoms with Crippen molar-refractivity contribution < 1.29 is 20.1 Å². The summed E-state index contributed by atoms with van der Waals surface area (Å²) in [5, 5.41) is 36.8. The van der Waals surface area contributed by atoms with Gasteiger partial charge in [-0.05, 0) is 48.5 Å². The Morgan fingerprint density at radius 2 is 1.11 bits per heavy atom. The Balaban J connectivity index is 0.000000179. The lowest BCUT2D eigenvalue weighted by atomic mass is 10.1. The fourth-order valence-corrected chi connectivity index (χ4v) is 4.47. The first kappa shape index (κ1) is 30.6. The fraction of sp³-hybridized carbons (Fsp3) is 0.121. The van der Waals surface area contributed by atoms with Crippen LogP contribution in [0.4, 0.5) is 11.6 Å². The lowest BCUT2D eigenvalue weighted by Crippen LogP contribution is -2.37. The zero-order valence-corrected chi connectivity index (χ0v) is 24.1. The summed E-state index contributed by atoms with van der Waals surface area (Å²) < 4.78 is 0. The molecule has 0 aliphatic carbocycles. The second-order valence-corrected chi connectivity index (χ2v) is 9.90. The van der Waals surface area contributed by atoms with Crippen molar-refractivity contribution in [1.29, 1.82) is 0 Å². The fourth-order valence-electron chi connectivity index (χ4n) is 4.47. The van der Waals surface area contributed by atoms with Crippen molar-refractivity contribution in [2.75, 3.05) is 30.3 Å². The number of aromatic hydroxyl groups is 2. The number of hydrogen-bond acceptors (Lipinski definition) is 11. The third-order valence-corrected chi connectivity index (χ3v) is 6.74. The number of rotatable bonds is 9. The molecule has 12 nitrogen and oxygen atoms in total. The summed E-state index contributed by atoms with van der Waals surface area (Å²) in [6.45, 7) is 1.17. The molecule has 1 atom stereocenters. The molecule has 0 saturated carbocycles. The Bertz CT molecular complexity index is 1950. The highest BCUT2D eigenvalue weighted by Crippen LogP contribution is 2.31. The highest BCUT2D eigenvalue weighted by Gasteiger charge is 2.15. The first-order valence-electron chi connectivity index (χ1n) is 14.1. The van der Waals surface area contributed by atoms with E-state index in [1.165, 1.54) is 0 Å². The number of carbonyl (C=O) groups is 1. The molecule has 228 valence electrons. The van der Waals surface area contributed by atoms with E-state index in [1.54, 1.807) is 42.5 Å². The van der Waals surface area contributed by atoms with E-state index in [9.17, 15) is 15.0 Å². The van der Waals surface area contributed by atoms with Crippen molar-refractivity contribution in [1.82, 2.24) is 19.9 Å². The van der Waals surface area contributed by atoms with Crippen LogP contribution in [0.5, 0.6) is 11.5 Å². The SMILES string of the molecule is NC(CNc1nc(-c2ccccc2O)nc2ccccc12)C(=O)O.NCCNc1nc(-c2ccccc2O)nc2ccccc12. The number of phenolic OH excluding ortho intramolecular Hbond substituents is 2. The Kier molecular flexibility index (Phi) is 9.58. The highest BCUT2D eigenvalue weighted by molar-refractivity contribution is 5.92. The number of nitrogens with two attached hydrogens (primary N) is 2. The molecule has 0 fully saturated rings. The van der Waals surface area contributed by atoms with Gasteiger partial charge in [0.15, 0.2) is 11.6 Å². The lowest BCUT2D eigenvalue weighted by Gasteiger charge is -2.13. The van der Waals surface area contributed by atoms with E-state index in [0.717, 1.165) is 22.1 Å². The predicted octanol–water partition coefficient (Wildman–Crippen LogP) is 4.20. The van der Waals surface area contributed by atoms with Gasteiger partial charge in [-0.1, -0.05) is 48.5 Å². The van der Waals surface area contributed by atoms with E-state index >= 15 is 0 Å². The molecule has 9 N–H and O–H groups in total. The van der Waals surface area contributed by atoms with Crippen LogP contribution < -0.4 is 22.1 Å². The van der Waals surface area contributed by atoms with Gasteiger partial charge in [0, 0.05) is 30.4 Å². The molecule has 45 heavy (non-hydrogen) atoms. The van der Waals surface area contributed by atoms with Crippen molar-refractivity contribution in [2.24, 2.45) is 11.5 Å². The van der Waals surface area contributed by atoms with Crippen LogP contribution in [-0.2, 0) is 4.79 Å². The number of anilines is 2. The zero-order valence-electron chi connectivity index (χ0n) is 24.1. The summed E-state index contributed by atoms with van der Waals surface area (Å²) in [6, 6.07) is 27.9. The molecule has 0 amide bonds. The molecule has 1 unspecified atom stereocenters. The standard InChI is InChI=1S/C17H16N4O3.C16H16N4O/c18-12(17(23)24)9-19-15-10-5-1-3-7-13(10)20-16(21-15)11-6-2-4-8-14(11)22;17-9-10-18-15-11-5-1-3-7-13(11)19-16(20-15)12-6-2-4-8-14(12)21/h1-8,12,22H,9,18H2,(H,23,24)(H,19,20,21);1-8,21H,9-10,17H2,(H,18,19,20). The number of aliphatic carboxylic acids is 1. The van der Waals surface area contributed by atoms with Gasteiger partial charge in [-0.25, -0.2) is 19.9 Å². The molecule has 12 heteroatoms. The summed E-state index contributed by atoms with van der Waals surface area (Å²) in [5.41, 5.74) is 13.7. The van der Waals surface area contributed by atoms with Crippen LogP contribution in [0.15, 0.2) is 97.1 Å². The average Bonchev–Trinajstić information content (AvgIpc) is 3.06. The van der Waals surface area contributed by atoms with Gasteiger partial charge in [0.1, 0.15) is 29.2 Å². The van der Waals surface area contributed by atoms with E-state index in [1.807, 2.05) is 54.6 Å². The van der Waals surface area contributed by atoms with Crippen molar-refractivity contribution in [3.63, 3.8) is 0 Å². The summed E-state index contributed by atoms with van der Waals surface area (Å²) >= 11 is 0. The number of hydrogen-bond donors (Lipinski definition) is 7. The van der Waals surface area contributed by atoms with Gasteiger partial charge in [-0.2, -0.15) is 0 Å². The zero-order chi connectivity index (χ0) is 31.8. The number of benzene rings is 4. The smallest absolute Gasteiger partial charge is 0.322 e. The normalized spacial score (nSPS) is 11.4. The molecule has 2 heterocycles. The van der Waals surface area contributed by atoms with E-state index in [4.69, 9.17) is 16.6 Å². The van der Waals surface area contributed by atoms with Crippen LogP contribution in [0.25, 0.3) is 44.6 Å². The van der Waals surface area contributed by atoms with Gasteiger partial charge in [0.2, 0.25) is 0 Å². The van der Waals surface area contributed by atoms with Gasteiger partial charge in [-0.3, -0.25) is 4.79 Å². The molecule has 0 radical (unpaired) electrons. The number of phenols is 2. The van der Waals surface area contributed by atoms with Gasteiger partial charge in [-0.15, -0.1) is 0 Å². The molecule has 6 rings (SSSR count). The Hall–Kier alpha value is -5.85. The van der Waals surface area contributed by atoms with E-state index in [0.29, 0.717) is 47.2 Å². The third-order valence-electron chi connectivity index (χ3n) is 6.74. The maximum atomic E-state index is 10.9. The number of carboxylic acids is 1. The van der Waals surface area contributed by atoms with E-state index in [2.05, 4.69) is 30.6 Å². The van der Waals surface area contributed by atoms with E-state index < -0.39 is 12.0 Å². The summed E-state index contributed by atoms with van der Waals surface area (Å²) in [4.78, 5) is 28.9. The van der Waals surface area contributed by atoms with Crippen LogP contribution in [0.3, 0.4) is 0 Å². The summed E-state index contributed by atoms with van der Waals surface area (Å²) in [6.07, 6.45) is 0. The van der Waals surface area contributed by atoms with Crippen molar-refractivity contribution in [2.45, 2.75) is 6.04 Å². The van der Waals surface area contributed by atoms with Gasteiger partial charge in [0.25, 0.3) is 0 Å². The van der Waals surface area contributed by atoms with Crippen LogP contribution in [0, 0.1) is 0 Å². The molecule has 2 aromatic heterocycles. The number of aromatic nitrogens is 4. The maximum Gasteiger partial charge on any atom is 0.322 e. The van der Waals surface area contributed by atoms with Crippen LogP contribution in [0.2, 0.25) is 0 Å². The Labute approximate surface area is 258 Å². The third kappa shape index (κ3) is 7.21. The minimum atomic E-state index is -1.10. The highest BCUT2D eigenvalue weighted by atomic mass is 16.4. The maximum absolute atomic E-state index is 10.9. The second kappa shape index (κ2) is 14.1. The average molecular weight is 605 g/mol. The number of nitrogens with one attached hydrogen (secondary N) is 2. The minimum Gasteiger partial charge on any atom is -0.507 e. The first-order valence-corrected chi connectivity index (χ1v) is 14.1. The Morgan fingerprint density at radius 3 is 1.58 bits per heavy atom. The molecule has 0 aliphatic heterocycles. The van der Waals surface area contributed by atoms with Crippen molar-refractivity contribution in [3.05, 3.63) is 97.1 Å². The van der Waals surface area contributed by atoms with Crippen LogP contribution >= 0.6 is 0 Å². The topological polar surface area (TPSA) is 205 Å². The van der Waals surface area contributed by atoms with Crippen LogP contribution in [-0.4, -0.2) is 66.9 Å². The first-order chi connectivity index (χ1) is 21.9. The molecule has 4 aromatic carbocycles. The Morgan fingerprint density at radius 1 is 0.667 bits per heavy atom. The lowest BCUT2D eigenvalue weighted by molar-refractivity contribution is -0.138. The molecule has 0 spiro atoms. The number of carboxylic acid groups (broad SMARTS) is 1. The van der Waals surface area contributed by atoms with Gasteiger partial charge < -0.3 is 37.4 Å². The summed E-state index contributed by atoms with van der Waals surface area (Å²) in [7, 11) is 0. The van der Waals surface area contributed by atoms with Gasteiger partial charge >= 0.3 is 5.97 Å². The second-order valence-electron chi connectivity index (χ2n) is 9.90. The monoisotopic (exact) mass is 604 g/mol. The van der Waals surface area contributed by atoms with Gasteiger partial charge in [0.05, 0.1) is 22.2 Å². The molecular weight excluding hydrogens is 572 g/mol. The number of para-hydroxylation sites is 4. The number of nitrogens with zero attached hydrogens (tertiary/aromatic N) is 4. The quantitative estimate of drug-likeness (QED) is 0.124. The van der Waals surface area contributed by atoms with Crippen LogP contribution in [0.1, 0.15) is 0 Å². The predicted molar refractivity (Wildman–Crippen MR) is 175 cm³/mol. The van der Waals surface area contributed by atoms with Crippen molar-refractivity contribution in [3.8, 4) is 34.3 Å². The molecular formula is C33H32N8O4. The molecule has 0 bridgehead atoms. The van der Waals surface area contributed by atoms with Crippen molar-refractivity contribution >= 4 is 39.4 Å². The summed E-state index contributed by atoms with van der Waals surface area (Å²) in [5.74, 6) is 1.17. The number of fused-ring (bicyclic) bond motifs is 2. The molecule has 0 saturated heterocycles. The minimum absolute atomic E-state index is 0.0244. The molecule has 0 aliphatic rings. The largest absolute Gasteiger partial charge is 0.507 e. The van der Waals surface area contributed by atoms with E-state index in [-0.39, 0.29) is 18.0 Å².